The molecule has 0 heterocycles. The van der Waals surface area contributed by atoms with Gasteiger partial charge in [0.1, 0.15) is 0 Å². The average Bonchev–Trinajstić information content (AvgIpc) is 2.42. The predicted molar refractivity (Wildman–Crippen MR) is 72.6 cm³/mol. The molecule has 0 spiro atoms. The van der Waals surface area contributed by atoms with Crippen molar-refractivity contribution >= 4 is 11.8 Å². The Morgan fingerprint density at radius 2 is 2.00 bits per heavy atom. The maximum Gasteiger partial charge on any atom is 0.337 e. The first-order valence-corrected chi connectivity index (χ1v) is 6.13. The van der Waals surface area contributed by atoms with Gasteiger partial charge in [0.25, 0.3) is 0 Å². The molecule has 18 heavy (non-hydrogen) atoms. The van der Waals surface area contributed by atoms with Gasteiger partial charge in [-0.3, -0.25) is 4.99 Å². The van der Waals surface area contributed by atoms with Crippen LogP contribution in [0.25, 0.3) is 0 Å². The molecule has 0 aliphatic heterocycles. The highest BCUT2D eigenvalue weighted by Crippen LogP contribution is 2.07. The van der Waals surface area contributed by atoms with Gasteiger partial charge in [0.15, 0.2) is 0 Å². The molecular formula is C14H20N2O2. The minimum Gasteiger partial charge on any atom is -0.465 e. The predicted octanol–water partition coefficient (Wildman–Crippen LogP) is 2.52. The van der Waals surface area contributed by atoms with Crippen LogP contribution in [0.1, 0.15) is 42.1 Å². The van der Waals surface area contributed by atoms with Crippen LogP contribution in [-0.2, 0) is 11.3 Å². The van der Waals surface area contributed by atoms with Gasteiger partial charge in [0.2, 0.25) is 0 Å². The first-order chi connectivity index (χ1) is 8.67. The fourth-order valence-corrected chi connectivity index (χ4v) is 1.49. The summed E-state index contributed by atoms with van der Waals surface area (Å²) in [6.45, 7) is 2.68. The number of nitrogens with two attached hydrogens (primary N) is 1. The highest BCUT2D eigenvalue weighted by atomic mass is 16.5. The van der Waals surface area contributed by atoms with Crippen molar-refractivity contribution in [3.05, 3.63) is 35.4 Å². The van der Waals surface area contributed by atoms with Gasteiger partial charge in [-0.2, -0.15) is 0 Å². The minimum atomic E-state index is -0.326. The number of nitrogens with zero attached hydrogens (tertiary/aromatic N) is 1. The summed E-state index contributed by atoms with van der Waals surface area (Å²) in [5, 5.41) is 0. The van der Waals surface area contributed by atoms with E-state index < -0.39 is 0 Å². The first-order valence-electron chi connectivity index (χ1n) is 6.13. The maximum absolute atomic E-state index is 11.2. The molecule has 0 radical (unpaired) electrons. The van der Waals surface area contributed by atoms with E-state index in [1.54, 1.807) is 12.1 Å². The van der Waals surface area contributed by atoms with Crippen LogP contribution < -0.4 is 5.73 Å². The highest BCUT2D eigenvalue weighted by Gasteiger charge is 2.03. The monoisotopic (exact) mass is 248 g/mol. The Labute approximate surface area is 108 Å². The van der Waals surface area contributed by atoms with Gasteiger partial charge in [-0.1, -0.05) is 25.5 Å². The fourth-order valence-electron chi connectivity index (χ4n) is 1.49. The number of methoxy groups -OCH3 is 1. The molecule has 0 aromatic heterocycles. The third kappa shape index (κ3) is 4.57. The summed E-state index contributed by atoms with van der Waals surface area (Å²) < 4.78 is 4.63. The van der Waals surface area contributed by atoms with Crippen LogP contribution in [0.4, 0.5) is 0 Å². The van der Waals surface area contributed by atoms with Crippen LogP contribution in [0.2, 0.25) is 0 Å². The number of carbonyl (C=O) groups excluding carboxylic acids is 1. The average molecular weight is 248 g/mol. The quantitative estimate of drug-likeness (QED) is 0.478. The molecule has 0 aliphatic carbocycles. The number of benzene rings is 1. The first kappa shape index (κ1) is 14.2. The maximum atomic E-state index is 11.2. The molecule has 1 rings (SSSR count). The molecule has 0 bridgehead atoms. The van der Waals surface area contributed by atoms with Crippen molar-refractivity contribution in [2.45, 2.75) is 32.7 Å². The van der Waals surface area contributed by atoms with Crippen LogP contribution >= 0.6 is 0 Å². The fraction of sp³-hybridized carbons (Fsp3) is 0.429. The number of rotatable bonds is 6. The Hall–Kier alpha value is -1.84. The van der Waals surface area contributed by atoms with Crippen LogP contribution in [0.5, 0.6) is 0 Å². The Bertz CT molecular complexity index is 410. The molecule has 4 heteroatoms. The molecule has 0 unspecified atom stereocenters. The van der Waals surface area contributed by atoms with Crippen LogP contribution in [0.15, 0.2) is 29.3 Å². The lowest BCUT2D eigenvalue weighted by atomic mass is 10.1. The molecule has 0 saturated carbocycles. The van der Waals surface area contributed by atoms with Gasteiger partial charge in [0.05, 0.1) is 25.1 Å². The van der Waals surface area contributed by atoms with Gasteiger partial charge >= 0.3 is 5.97 Å². The number of ether oxygens (including phenoxy) is 1. The number of hydrogen-bond donors (Lipinski definition) is 1. The SMILES string of the molecule is CCCCC(N)=NCc1ccc(C(=O)OC)cc1. The van der Waals surface area contributed by atoms with E-state index in [1.807, 2.05) is 12.1 Å². The Balaban J connectivity index is 2.56. The van der Waals surface area contributed by atoms with Crippen molar-refractivity contribution in [3.63, 3.8) is 0 Å². The van der Waals surface area contributed by atoms with E-state index >= 15 is 0 Å². The third-order valence-electron chi connectivity index (χ3n) is 2.63. The lowest BCUT2D eigenvalue weighted by Crippen LogP contribution is -2.11. The van der Waals surface area contributed by atoms with Crippen molar-refractivity contribution < 1.29 is 9.53 Å². The number of hydrogen-bond acceptors (Lipinski definition) is 3. The molecular weight excluding hydrogens is 228 g/mol. The van der Waals surface area contributed by atoms with Crippen molar-refractivity contribution in [1.29, 1.82) is 0 Å². The molecule has 0 atom stereocenters. The molecule has 2 N–H and O–H groups in total. The Morgan fingerprint density at radius 1 is 1.33 bits per heavy atom. The molecule has 0 amide bonds. The van der Waals surface area contributed by atoms with Gasteiger partial charge < -0.3 is 10.5 Å². The summed E-state index contributed by atoms with van der Waals surface area (Å²) >= 11 is 0. The second-order valence-electron chi connectivity index (χ2n) is 4.10. The summed E-state index contributed by atoms with van der Waals surface area (Å²) in [7, 11) is 1.37. The topological polar surface area (TPSA) is 64.7 Å². The number of esters is 1. The van der Waals surface area contributed by atoms with Gasteiger partial charge in [-0.25, -0.2) is 4.79 Å². The van der Waals surface area contributed by atoms with E-state index in [-0.39, 0.29) is 5.97 Å². The van der Waals surface area contributed by atoms with Crippen LogP contribution in [0.3, 0.4) is 0 Å². The summed E-state index contributed by atoms with van der Waals surface area (Å²) in [5.41, 5.74) is 7.36. The van der Waals surface area contributed by atoms with Gasteiger partial charge in [-0.15, -0.1) is 0 Å². The van der Waals surface area contributed by atoms with Crippen molar-refractivity contribution in [1.82, 2.24) is 0 Å². The number of unbranched alkanes of at least 4 members (excludes halogenated alkanes) is 1. The normalized spacial score (nSPS) is 11.3. The van der Waals surface area contributed by atoms with E-state index in [2.05, 4.69) is 16.7 Å². The van der Waals surface area contributed by atoms with Crippen molar-refractivity contribution in [3.8, 4) is 0 Å². The van der Waals surface area contributed by atoms with Crippen molar-refractivity contribution in [2.75, 3.05) is 7.11 Å². The highest BCUT2D eigenvalue weighted by molar-refractivity contribution is 5.89. The molecule has 0 fully saturated rings. The minimum absolute atomic E-state index is 0.326. The standard InChI is InChI=1S/C14H20N2O2/c1-3-4-5-13(15)16-10-11-6-8-12(9-7-11)14(17)18-2/h6-9H,3-5,10H2,1-2H3,(H2,15,16). The lowest BCUT2D eigenvalue weighted by molar-refractivity contribution is 0.0600. The molecule has 0 aliphatic rings. The molecule has 1 aromatic rings. The van der Waals surface area contributed by atoms with Gasteiger partial charge in [0, 0.05) is 6.42 Å². The smallest absolute Gasteiger partial charge is 0.337 e. The van der Waals surface area contributed by atoms with Crippen LogP contribution in [-0.4, -0.2) is 18.9 Å². The zero-order valence-corrected chi connectivity index (χ0v) is 11.0. The van der Waals surface area contributed by atoms with E-state index in [9.17, 15) is 4.79 Å². The van der Waals surface area contributed by atoms with E-state index in [0.717, 1.165) is 24.8 Å². The van der Waals surface area contributed by atoms with Gasteiger partial charge in [-0.05, 0) is 24.1 Å². The second kappa shape index (κ2) is 7.48. The largest absolute Gasteiger partial charge is 0.465 e. The summed E-state index contributed by atoms with van der Waals surface area (Å²) in [5.74, 6) is 0.362. The van der Waals surface area contributed by atoms with E-state index in [4.69, 9.17) is 5.73 Å². The van der Waals surface area contributed by atoms with Crippen molar-refractivity contribution in [2.24, 2.45) is 10.7 Å². The molecule has 0 saturated heterocycles. The lowest BCUT2D eigenvalue weighted by Gasteiger charge is -2.02. The number of carbonyl (C=O) groups is 1. The summed E-state index contributed by atoms with van der Waals surface area (Å²) in [6, 6.07) is 7.20. The Morgan fingerprint density at radius 3 is 2.56 bits per heavy atom. The number of aliphatic imine (C=N–C) groups is 1. The third-order valence-corrected chi connectivity index (χ3v) is 2.63. The summed E-state index contributed by atoms with van der Waals surface area (Å²) in [4.78, 5) is 15.5. The van der Waals surface area contributed by atoms with Crippen LogP contribution in [0, 0.1) is 0 Å². The molecule has 4 nitrogen and oxygen atoms in total. The zero-order valence-electron chi connectivity index (χ0n) is 11.0. The zero-order chi connectivity index (χ0) is 13.4. The molecule has 1 aromatic carbocycles. The van der Waals surface area contributed by atoms with E-state index in [0.29, 0.717) is 17.9 Å². The summed E-state index contributed by atoms with van der Waals surface area (Å²) in [6.07, 6.45) is 3.03. The Kier molecular flexibility index (Phi) is 5.91. The van der Waals surface area contributed by atoms with E-state index in [1.165, 1.54) is 7.11 Å². The molecule has 98 valence electrons. The number of amidine groups is 1. The second-order valence-corrected chi connectivity index (χ2v) is 4.10.